The largest absolute Gasteiger partial charge is 0.493 e. The second kappa shape index (κ2) is 12.8. The Kier molecular flexibility index (Phi) is 9.17. The Morgan fingerprint density at radius 3 is 2.48 bits per heavy atom. The van der Waals surface area contributed by atoms with Crippen molar-refractivity contribution in [3.8, 4) is 23.0 Å². The lowest BCUT2D eigenvalue weighted by Gasteiger charge is -2.43. The first kappa shape index (κ1) is 30.0. The molecule has 0 fully saturated rings. The molecule has 1 unspecified atom stereocenters. The number of methoxy groups -OCH3 is 2. The molecule has 5 rings (SSSR count). The van der Waals surface area contributed by atoms with Crippen LogP contribution in [0.3, 0.4) is 0 Å². The van der Waals surface area contributed by atoms with Crippen LogP contribution in [0.15, 0.2) is 54.6 Å². The van der Waals surface area contributed by atoms with Gasteiger partial charge in [0.05, 0.1) is 33.1 Å². The van der Waals surface area contributed by atoms with Gasteiger partial charge in [-0.1, -0.05) is 36.4 Å². The molecule has 2 heterocycles. The molecule has 0 spiro atoms. The Morgan fingerprint density at radius 1 is 1.00 bits per heavy atom. The highest BCUT2D eigenvalue weighted by Crippen LogP contribution is 2.52. The van der Waals surface area contributed by atoms with Gasteiger partial charge in [0.2, 0.25) is 0 Å². The average molecular weight is 595 g/mol. The van der Waals surface area contributed by atoms with Gasteiger partial charge in [-0.15, -0.1) is 4.33 Å². The van der Waals surface area contributed by atoms with Crippen LogP contribution in [0.4, 0.5) is 5.69 Å². The highest BCUT2D eigenvalue weighted by atomic mass is 32.2. The Morgan fingerprint density at radius 2 is 1.76 bits per heavy atom. The van der Waals surface area contributed by atoms with E-state index in [0.29, 0.717) is 43.2 Å². The predicted octanol–water partition coefficient (Wildman–Crippen LogP) is 6.23. The van der Waals surface area contributed by atoms with E-state index in [1.807, 2.05) is 48.2 Å². The Bertz CT molecular complexity index is 1420. The van der Waals surface area contributed by atoms with Crippen molar-refractivity contribution in [1.29, 1.82) is 0 Å². The molecule has 42 heavy (non-hydrogen) atoms. The molecule has 0 radical (unpaired) electrons. The molecule has 1 amide bonds. The number of hydrogen-bond donors (Lipinski definition) is 0. The molecular weight excluding hydrogens is 556 g/mol. The van der Waals surface area contributed by atoms with E-state index in [0.717, 1.165) is 33.7 Å². The van der Waals surface area contributed by atoms with Gasteiger partial charge in [0.25, 0.3) is 5.91 Å². The van der Waals surface area contributed by atoms with Crippen molar-refractivity contribution in [3.05, 3.63) is 76.9 Å². The van der Waals surface area contributed by atoms with Gasteiger partial charge >= 0.3 is 0 Å². The van der Waals surface area contributed by atoms with Crippen LogP contribution in [-0.2, 0) is 27.0 Å². The molecule has 2 aliphatic rings. The summed E-state index contributed by atoms with van der Waals surface area (Å²) in [7, 11) is 4.73. The molecule has 1 atom stereocenters. The fourth-order valence-corrected chi connectivity index (χ4v) is 6.23. The SMILES string of the molecule is COOSN(Cc1ccccc1)C1CC(C)(C)Oc2c1cc1c(c2C)OCC(=O)N1CCc1ccc(OC)c(OC)c1. The van der Waals surface area contributed by atoms with Gasteiger partial charge in [-0.3, -0.25) is 4.79 Å². The van der Waals surface area contributed by atoms with Crippen LogP contribution in [0, 0.1) is 6.92 Å². The minimum Gasteiger partial charge on any atom is -0.493 e. The number of rotatable bonds is 11. The van der Waals surface area contributed by atoms with Gasteiger partial charge in [-0.2, -0.15) is 0 Å². The zero-order valence-electron chi connectivity index (χ0n) is 25.0. The van der Waals surface area contributed by atoms with Crippen LogP contribution >= 0.6 is 12.2 Å². The number of anilines is 1. The maximum Gasteiger partial charge on any atom is 0.265 e. The number of benzene rings is 3. The average Bonchev–Trinajstić information content (AvgIpc) is 2.99. The highest BCUT2D eigenvalue weighted by molar-refractivity contribution is 7.92. The first-order valence-electron chi connectivity index (χ1n) is 13.9. The fourth-order valence-electron chi connectivity index (χ4n) is 5.60. The van der Waals surface area contributed by atoms with Crippen molar-refractivity contribution in [3.63, 3.8) is 0 Å². The summed E-state index contributed by atoms with van der Waals surface area (Å²) in [5.41, 5.74) is 4.32. The van der Waals surface area contributed by atoms with Crippen molar-refractivity contribution in [2.45, 2.75) is 51.8 Å². The molecular formula is C32H38N2O7S. The maximum absolute atomic E-state index is 13.3. The number of carbonyl (C=O) groups excluding carboxylic acids is 1. The van der Waals surface area contributed by atoms with Gasteiger partial charge in [0, 0.05) is 30.6 Å². The Balaban J connectivity index is 1.52. The van der Waals surface area contributed by atoms with E-state index in [9.17, 15) is 4.79 Å². The summed E-state index contributed by atoms with van der Waals surface area (Å²) in [6.45, 7) is 7.25. The molecule has 224 valence electrons. The number of fused-ring (bicyclic) bond motifs is 2. The van der Waals surface area contributed by atoms with Crippen molar-refractivity contribution >= 4 is 23.8 Å². The molecule has 3 aromatic carbocycles. The normalized spacial score (nSPS) is 17.3. The predicted molar refractivity (Wildman–Crippen MR) is 162 cm³/mol. The summed E-state index contributed by atoms with van der Waals surface area (Å²) in [6.07, 6.45) is 1.33. The lowest BCUT2D eigenvalue weighted by Crippen LogP contribution is -2.42. The number of nitrogens with zero attached hydrogens (tertiary/aromatic N) is 2. The topological polar surface area (TPSA) is 78.9 Å². The van der Waals surface area contributed by atoms with Gasteiger partial charge in [-0.05, 0) is 56.5 Å². The van der Waals surface area contributed by atoms with Crippen LogP contribution in [0.2, 0.25) is 0 Å². The Hall–Kier alpha value is -3.44. The summed E-state index contributed by atoms with van der Waals surface area (Å²) in [6, 6.07) is 18.0. The summed E-state index contributed by atoms with van der Waals surface area (Å²) in [5.74, 6) is 2.69. The zero-order valence-corrected chi connectivity index (χ0v) is 25.8. The fraction of sp³-hybridized carbons (Fsp3) is 0.406. The zero-order chi connectivity index (χ0) is 29.9. The number of amides is 1. The van der Waals surface area contributed by atoms with E-state index in [-0.39, 0.29) is 18.6 Å². The summed E-state index contributed by atoms with van der Waals surface area (Å²) in [5, 5.41) is 0. The molecule has 3 aromatic rings. The molecule has 0 N–H and O–H groups in total. The summed E-state index contributed by atoms with van der Waals surface area (Å²) >= 11 is 1.17. The lowest BCUT2D eigenvalue weighted by atomic mass is 9.87. The second-order valence-corrected chi connectivity index (χ2v) is 11.7. The van der Waals surface area contributed by atoms with Gasteiger partial charge in [-0.25, -0.2) is 9.19 Å². The second-order valence-electron chi connectivity index (χ2n) is 11.0. The number of ether oxygens (including phenoxy) is 4. The van der Waals surface area contributed by atoms with Gasteiger partial charge in [0.15, 0.2) is 18.1 Å². The molecule has 10 heteroatoms. The lowest BCUT2D eigenvalue weighted by molar-refractivity contribution is -0.164. The minimum atomic E-state index is -0.448. The maximum atomic E-state index is 13.3. The third-order valence-electron chi connectivity index (χ3n) is 7.62. The minimum absolute atomic E-state index is 0.0248. The monoisotopic (exact) mass is 594 g/mol. The van der Waals surface area contributed by atoms with E-state index in [1.165, 1.54) is 19.3 Å². The Labute approximate surface area is 251 Å². The third-order valence-corrected chi connectivity index (χ3v) is 8.39. The smallest absolute Gasteiger partial charge is 0.265 e. The van der Waals surface area contributed by atoms with E-state index in [2.05, 4.69) is 36.4 Å². The number of carbonyl (C=O) groups is 1. The third kappa shape index (κ3) is 6.32. The molecule has 2 aliphatic heterocycles. The van der Waals surface area contributed by atoms with Gasteiger partial charge < -0.3 is 23.8 Å². The summed E-state index contributed by atoms with van der Waals surface area (Å²) < 4.78 is 31.0. The molecule has 0 bridgehead atoms. The van der Waals surface area contributed by atoms with E-state index >= 15 is 0 Å². The van der Waals surface area contributed by atoms with Crippen LogP contribution in [0.25, 0.3) is 0 Å². The van der Waals surface area contributed by atoms with E-state index in [1.54, 1.807) is 14.2 Å². The first-order chi connectivity index (χ1) is 20.2. The molecule has 0 saturated heterocycles. The molecule has 0 saturated carbocycles. The van der Waals surface area contributed by atoms with Crippen molar-refractivity contribution in [1.82, 2.24) is 4.31 Å². The quantitative estimate of drug-likeness (QED) is 0.111. The van der Waals surface area contributed by atoms with Crippen LogP contribution in [0.5, 0.6) is 23.0 Å². The molecule has 0 aromatic heterocycles. The van der Waals surface area contributed by atoms with E-state index in [4.69, 9.17) is 28.2 Å². The van der Waals surface area contributed by atoms with Crippen molar-refractivity contribution in [2.24, 2.45) is 0 Å². The molecule has 0 aliphatic carbocycles. The summed E-state index contributed by atoms with van der Waals surface area (Å²) in [4.78, 5) is 20.1. The van der Waals surface area contributed by atoms with Crippen molar-refractivity contribution in [2.75, 3.05) is 39.4 Å². The van der Waals surface area contributed by atoms with Crippen LogP contribution in [-0.4, -0.2) is 50.3 Å². The van der Waals surface area contributed by atoms with Gasteiger partial charge in [0.1, 0.15) is 29.3 Å². The van der Waals surface area contributed by atoms with Crippen molar-refractivity contribution < 1.29 is 33.0 Å². The van der Waals surface area contributed by atoms with E-state index < -0.39 is 5.60 Å². The van der Waals surface area contributed by atoms with Crippen LogP contribution in [0.1, 0.15) is 48.6 Å². The first-order valence-corrected chi connectivity index (χ1v) is 14.6. The van der Waals surface area contributed by atoms with Crippen LogP contribution < -0.4 is 23.8 Å². The molecule has 9 nitrogen and oxygen atoms in total. The number of hydrogen-bond acceptors (Lipinski definition) is 9. The standard InChI is InChI=1S/C32H38N2O7S/c1-21-30-24(26(18-32(2,3)40-30)34(42-41-38-6)19-23-10-8-7-9-11-23)17-25-31(21)39-20-29(35)33(25)15-14-22-12-13-27(36-4)28(16-22)37-5/h7-13,16-17,26H,14-15,18-20H2,1-6H3. The highest BCUT2D eigenvalue weighted by Gasteiger charge is 2.41.